The predicted molar refractivity (Wildman–Crippen MR) is 315 cm³/mol. The van der Waals surface area contributed by atoms with Gasteiger partial charge >= 0.3 is 12.4 Å². The minimum Gasteiger partial charge on any atom is -0.247 e. The first kappa shape index (κ1) is 77.2. The molecule has 9 rings (SSSR count). The second kappa shape index (κ2) is 33.3. The Labute approximate surface area is 484 Å². The summed E-state index contributed by atoms with van der Waals surface area (Å²) in [5.74, 6) is 0.845. The SMILES string of the molecule is CC1(C)CCCC1.CC1(F)CCCC1.CC1C(C)(C(F)(F)F)CCC1(C)C(F)(F)F.CC1CCC(F)[C@@H]1C.CC1CCCC(C)C1C.CC1CCCC[C@H]1C.CCC1(C)CCCC1.C[C@@H]1C(C)(F)CCC1(F)F.C[C@@H]1CCCC1F. The van der Waals surface area contributed by atoms with E-state index in [0.29, 0.717) is 23.2 Å². The zero-order valence-corrected chi connectivity index (χ0v) is 54.5. The van der Waals surface area contributed by atoms with Crippen molar-refractivity contribution in [1.29, 1.82) is 0 Å². The molecule has 0 amide bonds. The highest BCUT2D eigenvalue weighted by molar-refractivity contribution is 5.05. The maximum Gasteiger partial charge on any atom is 0.394 e. The fourth-order valence-corrected chi connectivity index (χ4v) is 13.5. The molecule has 0 N–H and O–H groups in total. The summed E-state index contributed by atoms with van der Waals surface area (Å²) in [6.45, 7) is 34.5. The Morgan fingerprint density at radius 1 is 0.350 bits per heavy atom. The number of alkyl halides is 12. The van der Waals surface area contributed by atoms with Crippen LogP contribution in [0.3, 0.4) is 0 Å². The summed E-state index contributed by atoms with van der Waals surface area (Å²) < 4.78 is 152. The van der Waals surface area contributed by atoms with Crippen molar-refractivity contribution in [3.63, 3.8) is 0 Å². The molecule has 0 radical (unpaired) electrons. The Balaban J connectivity index is 0.000000456. The average Bonchev–Trinajstić information content (AvgIpc) is 4.27. The zero-order valence-electron chi connectivity index (χ0n) is 54.5. The van der Waals surface area contributed by atoms with Crippen molar-refractivity contribution in [1.82, 2.24) is 0 Å². The molecule has 0 nitrogen and oxygen atoms in total. The predicted octanol–water partition coefficient (Wildman–Crippen LogP) is 25.6. The summed E-state index contributed by atoms with van der Waals surface area (Å²) >= 11 is 0. The standard InChI is InChI=1S/C10H14F6.C9H18.2C8H16.C7H11F3.C7H13F.C7H14.2C6H11F/c1-6-7(2,9(11,12)13)4-5-8(6,3)10(14,15)16;1-7-5-4-6-8(2)9(7)3;1-7-5-3-4-6-8(7)2;1-3-8(2)6-4-5-7-8;1-5-6(2,8)3-4-7(5,9)10;1-5-3-4-7(8)6(5)2;1-7(2)5-3-4-6-7;1-6(7)4-2-3-5-6;1-5-3-2-4-6(5)7/h6H,4-5H2,1-3H3;7-9H,4-6H2,1-3H3;7-8H,3-6H2,1-2H3;3-7H2,1-2H3;5H,3-4H2,1-2H3;5-7H,3-4H2,1-2H3;3-6H2,1-2H3;2-5H2,1H3;5-6H,2-4H2,1H3/t;;7-,8?;;5-,6?;5?,6-,7?;;;5-,6?/m..1.11..1/s1. The topological polar surface area (TPSA) is 0 Å². The van der Waals surface area contributed by atoms with E-state index in [-0.39, 0.29) is 12.8 Å². The van der Waals surface area contributed by atoms with Gasteiger partial charge in [-0.05, 0) is 161 Å². The fraction of sp³-hybridized carbons (Fsp3) is 1.00. The van der Waals surface area contributed by atoms with Gasteiger partial charge in [0.2, 0.25) is 0 Å². The lowest BCUT2D eigenvalue weighted by Crippen LogP contribution is -2.45. The largest absolute Gasteiger partial charge is 0.394 e. The minimum absolute atomic E-state index is 0.0127. The van der Waals surface area contributed by atoms with Crippen molar-refractivity contribution in [3.8, 4) is 0 Å². The van der Waals surface area contributed by atoms with Crippen LogP contribution in [0, 0.1) is 80.8 Å². The third kappa shape index (κ3) is 25.2. The maximum absolute atomic E-state index is 13.0. The van der Waals surface area contributed by atoms with Crippen LogP contribution in [-0.2, 0) is 0 Å². The van der Waals surface area contributed by atoms with E-state index in [1.165, 1.54) is 117 Å². The summed E-state index contributed by atoms with van der Waals surface area (Å²) in [5.41, 5.74) is -5.52. The quantitative estimate of drug-likeness (QED) is 0.230. The summed E-state index contributed by atoms with van der Waals surface area (Å²) in [5, 5.41) is 0. The third-order valence-electron chi connectivity index (χ3n) is 22.9. The summed E-state index contributed by atoms with van der Waals surface area (Å²) in [4.78, 5) is 0. The van der Waals surface area contributed by atoms with Crippen molar-refractivity contribution in [3.05, 3.63) is 0 Å². The molecule has 0 aromatic carbocycles. The fourth-order valence-electron chi connectivity index (χ4n) is 13.5. The van der Waals surface area contributed by atoms with Crippen LogP contribution < -0.4 is 0 Å². The van der Waals surface area contributed by atoms with Crippen LogP contribution in [0.1, 0.15) is 311 Å². The van der Waals surface area contributed by atoms with Gasteiger partial charge in [0, 0.05) is 6.42 Å². The van der Waals surface area contributed by atoms with Gasteiger partial charge in [-0.3, -0.25) is 0 Å². The molecule has 12 heteroatoms. The molecule has 9 unspecified atom stereocenters. The van der Waals surface area contributed by atoms with Crippen LogP contribution in [0.2, 0.25) is 0 Å². The van der Waals surface area contributed by atoms with Crippen LogP contribution in [0.5, 0.6) is 0 Å². The maximum atomic E-state index is 13.0. The van der Waals surface area contributed by atoms with E-state index >= 15 is 0 Å². The van der Waals surface area contributed by atoms with Gasteiger partial charge in [0.15, 0.2) is 0 Å². The van der Waals surface area contributed by atoms with E-state index in [4.69, 9.17) is 0 Å². The van der Waals surface area contributed by atoms with E-state index in [0.717, 1.165) is 114 Å². The van der Waals surface area contributed by atoms with Gasteiger partial charge in [-0.1, -0.05) is 207 Å². The van der Waals surface area contributed by atoms with E-state index in [1.54, 1.807) is 6.92 Å². The Hall–Kier alpha value is -0.840. The van der Waals surface area contributed by atoms with Gasteiger partial charge in [0.25, 0.3) is 5.92 Å². The van der Waals surface area contributed by atoms with Crippen LogP contribution >= 0.6 is 0 Å². The van der Waals surface area contributed by atoms with Crippen molar-refractivity contribution in [2.75, 3.05) is 0 Å². The van der Waals surface area contributed by atoms with Gasteiger partial charge in [-0.2, -0.15) is 26.3 Å². The molecule has 0 aromatic rings. The van der Waals surface area contributed by atoms with Crippen molar-refractivity contribution in [2.45, 2.75) is 353 Å². The minimum atomic E-state index is -4.59. The van der Waals surface area contributed by atoms with Crippen LogP contribution in [0.4, 0.5) is 52.7 Å². The molecule has 0 heterocycles. The Bertz CT molecular complexity index is 1520. The highest BCUT2D eigenvalue weighted by Crippen LogP contribution is 2.65. The molecular weight excluding hydrogens is 1040 g/mol. The first-order valence-corrected chi connectivity index (χ1v) is 32.6. The molecule has 9 aliphatic rings. The Morgan fingerprint density at radius 2 is 0.725 bits per heavy atom. The number of rotatable bonds is 1. The van der Waals surface area contributed by atoms with Crippen molar-refractivity contribution < 1.29 is 52.7 Å². The summed E-state index contributed by atoms with van der Waals surface area (Å²) in [6.07, 6.45) is 20.6. The second-order valence-electron chi connectivity index (χ2n) is 30.0. The van der Waals surface area contributed by atoms with E-state index in [9.17, 15) is 52.7 Å². The third-order valence-corrected chi connectivity index (χ3v) is 22.9. The zero-order chi connectivity index (χ0) is 61.9. The van der Waals surface area contributed by atoms with Gasteiger partial charge in [0.05, 0.1) is 16.7 Å². The van der Waals surface area contributed by atoms with Crippen LogP contribution in [0.15, 0.2) is 0 Å². The first-order chi connectivity index (χ1) is 36.4. The number of hydrogen-bond acceptors (Lipinski definition) is 0. The Morgan fingerprint density at radius 3 is 0.900 bits per heavy atom. The lowest BCUT2D eigenvalue weighted by Gasteiger charge is -2.39. The normalized spacial score (nSPS) is 39.1. The van der Waals surface area contributed by atoms with Crippen LogP contribution in [-0.4, -0.2) is 42.0 Å². The molecule has 9 aliphatic carbocycles. The van der Waals surface area contributed by atoms with E-state index in [2.05, 4.69) is 69.2 Å². The van der Waals surface area contributed by atoms with Crippen LogP contribution in [0.25, 0.3) is 0 Å². The summed E-state index contributed by atoms with van der Waals surface area (Å²) in [6, 6.07) is 0. The molecule has 480 valence electrons. The van der Waals surface area contributed by atoms with Gasteiger partial charge in [0.1, 0.15) is 23.7 Å². The van der Waals surface area contributed by atoms with E-state index in [1.807, 2.05) is 13.8 Å². The molecule has 0 aromatic heterocycles. The summed E-state index contributed by atoms with van der Waals surface area (Å²) in [7, 11) is 0. The molecule has 9 fully saturated rings. The molecular formula is C68H124F12. The van der Waals surface area contributed by atoms with Crippen molar-refractivity contribution in [2.24, 2.45) is 80.8 Å². The average molecular weight is 1170 g/mol. The first-order valence-electron chi connectivity index (χ1n) is 32.6. The lowest BCUT2D eigenvalue weighted by molar-refractivity contribution is -0.266. The number of hydrogen-bond donors (Lipinski definition) is 0. The molecule has 13 atom stereocenters. The second-order valence-corrected chi connectivity index (χ2v) is 30.0. The molecule has 0 bridgehead atoms. The van der Waals surface area contributed by atoms with E-state index < -0.39 is 77.5 Å². The molecule has 0 spiro atoms. The lowest BCUT2D eigenvalue weighted by atomic mass is 9.71. The Kier molecular flexibility index (Phi) is 32.2. The van der Waals surface area contributed by atoms with Gasteiger partial charge in [-0.25, -0.2) is 26.3 Å². The monoisotopic (exact) mass is 1170 g/mol. The van der Waals surface area contributed by atoms with Gasteiger partial charge < -0.3 is 0 Å². The highest BCUT2D eigenvalue weighted by atomic mass is 19.4. The molecule has 0 aliphatic heterocycles. The highest BCUT2D eigenvalue weighted by Gasteiger charge is 2.69. The van der Waals surface area contributed by atoms with Crippen molar-refractivity contribution >= 4 is 0 Å². The molecule has 0 saturated heterocycles. The molecule has 80 heavy (non-hydrogen) atoms. The smallest absolute Gasteiger partial charge is 0.247 e. The number of halogens is 12. The molecule has 9 saturated carbocycles. The van der Waals surface area contributed by atoms with Gasteiger partial charge in [-0.15, -0.1) is 0 Å².